The Hall–Kier alpha value is -0.560. The van der Waals surface area contributed by atoms with Crippen LogP contribution >= 0.6 is 15.9 Å². The van der Waals surface area contributed by atoms with Crippen molar-refractivity contribution in [3.05, 3.63) is 46.5 Å². The minimum atomic E-state index is 0.348. The van der Waals surface area contributed by atoms with Crippen LogP contribution in [0.3, 0.4) is 0 Å². The second kappa shape index (κ2) is 3.30. The van der Waals surface area contributed by atoms with Crippen LogP contribution in [-0.4, -0.2) is 0 Å². The molecular formula is C12H13Br. The molecule has 1 heteroatoms. The van der Waals surface area contributed by atoms with E-state index in [2.05, 4.69) is 59.3 Å². The molecule has 0 atom stereocenters. The van der Waals surface area contributed by atoms with E-state index in [1.807, 2.05) is 0 Å². The van der Waals surface area contributed by atoms with Crippen LogP contribution in [0.25, 0.3) is 0 Å². The molecule has 0 fully saturated rings. The number of allylic oxidation sites excluding steroid dienone is 2. The molecule has 0 unspecified atom stereocenters. The molecule has 0 saturated carbocycles. The highest BCUT2D eigenvalue weighted by molar-refractivity contribution is 9.10. The average Bonchev–Trinajstić information content (AvgIpc) is 2.54. The third-order valence-electron chi connectivity index (χ3n) is 2.84. The number of hydrogen-bond donors (Lipinski definition) is 0. The largest absolute Gasteiger partial charge is 0.0876 e. The van der Waals surface area contributed by atoms with Crippen LogP contribution in [0.2, 0.25) is 0 Å². The van der Waals surface area contributed by atoms with E-state index in [9.17, 15) is 0 Å². The third kappa shape index (κ3) is 1.71. The van der Waals surface area contributed by atoms with E-state index in [1.54, 1.807) is 0 Å². The number of hydrogen-bond acceptors (Lipinski definition) is 0. The number of benzene rings is 1. The molecule has 0 amide bonds. The fraction of sp³-hybridized carbons (Fsp3) is 0.333. The lowest BCUT2D eigenvalue weighted by molar-refractivity contribution is 0.511. The van der Waals surface area contributed by atoms with Gasteiger partial charge in [0.05, 0.1) is 0 Å². The van der Waals surface area contributed by atoms with Gasteiger partial charge >= 0.3 is 0 Å². The van der Waals surface area contributed by atoms with Crippen LogP contribution in [0.15, 0.2) is 40.9 Å². The van der Waals surface area contributed by atoms with Crippen molar-refractivity contribution in [1.82, 2.24) is 0 Å². The van der Waals surface area contributed by atoms with Crippen molar-refractivity contribution in [3.63, 3.8) is 0 Å². The van der Waals surface area contributed by atoms with E-state index >= 15 is 0 Å². The van der Waals surface area contributed by atoms with Gasteiger partial charge in [0, 0.05) is 4.47 Å². The van der Waals surface area contributed by atoms with Crippen molar-refractivity contribution in [2.75, 3.05) is 0 Å². The lowest BCUT2D eigenvalue weighted by Crippen LogP contribution is -2.16. The van der Waals surface area contributed by atoms with Gasteiger partial charge in [-0.05, 0) is 36.0 Å². The monoisotopic (exact) mass is 236 g/mol. The Kier molecular flexibility index (Phi) is 2.29. The molecule has 0 aromatic heterocycles. The first kappa shape index (κ1) is 9.01. The SMILES string of the molecule is CC1(c2ccc(Br)cc2)CC=CC1. The highest BCUT2D eigenvalue weighted by atomic mass is 79.9. The lowest BCUT2D eigenvalue weighted by atomic mass is 9.80. The maximum Gasteiger partial charge on any atom is 0.0175 e. The molecular weight excluding hydrogens is 224 g/mol. The fourth-order valence-electron chi connectivity index (χ4n) is 1.86. The average molecular weight is 237 g/mol. The van der Waals surface area contributed by atoms with E-state index in [1.165, 1.54) is 18.4 Å². The topological polar surface area (TPSA) is 0 Å². The van der Waals surface area contributed by atoms with Gasteiger partial charge in [0.1, 0.15) is 0 Å². The van der Waals surface area contributed by atoms with E-state index in [0.717, 1.165) is 4.47 Å². The van der Waals surface area contributed by atoms with Gasteiger partial charge in [-0.1, -0.05) is 47.1 Å². The number of rotatable bonds is 1. The Morgan fingerprint density at radius 1 is 1.08 bits per heavy atom. The summed E-state index contributed by atoms with van der Waals surface area (Å²) in [6.45, 7) is 2.33. The predicted molar refractivity (Wildman–Crippen MR) is 59.9 cm³/mol. The van der Waals surface area contributed by atoms with Crippen molar-refractivity contribution in [3.8, 4) is 0 Å². The quantitative estimate of drug-likeness (QED) is 0.646. The maximum absolute atomic E-state index is 3.46. The third-order valence-corrected chi connectivity index (χ3v) is 3.37. The van der Waals surface area contributed by atoms with Crippen LogP contribution < -0.4 is 0 Å². The highest BCUT2D eigenvalue weighted by Crippen LogP contribution is 2.36. The van der Waals surface area contributed by atoms with Crippen LogP contribution in [0.5, 0.6) is 0 Å². The van der Waals surface area contributed by atoms with Crippen LogP contribution in [0.1, 0.15) is 25.3 Å². The number of halogens is 1. The molecule has 0 aliphatic heterocycles. The summed E-state index contributed by atoms with van der Waals surface area (Å²) in [4.78, 5) is 0. The van der Waals surface area contributed by atoms with E-state index < -0.39 is 0 Å². The molecule has 1 aliphatic carbocycles. The van der Waals surface area contributed by atoms with Gasteiger partial charge in [0.15, 0.2) is 0 Å². The molecule has 0 heterocycles. The first-order chi connectivity index (χ1) is 6.21. The van der Waals surface area contributed by atoms with E-state index in [0.29, 0.717) is 5.41 Å². The van der Waals surface area contributed by atoms with E-state index in [4.69, 9.17) is 0 Å². The first-order valence-corrected chi connectivity index (χ1v) is 5.41. The van der Waals surface area contributed by atoms with Gasteiger partial charge < -0.3 is 0 Å². The minimum absolute atomic E-state index is 0.348. The maximum atomic E-state index is 3.46. The van der Waals surface area contributed by atoms with Crippen molar-refractivity contribution in [1.29, 1.82) is 0 Å². The zero-order chi connectivity index (χ0) is 9.31. The minimum Gasteiger partial charge on any atom is -0.0876 e. The van der Waals surface area contributed by atoms with Crippen molar-refractivity contribution < 1.29 is 0 Å². The highest BCUT2D eigenvalue weighted by Gasteiger charge is 2.26. The van der Waals surface area contributed by atoms with Gasteiger partial charge in [-0.2, -0.15) is 0 Å². The molecule has 2 rings (SSSR count). The van der Waals surface area contributed by atoms with Crippen molar-refractivity contribution >= 4 is 15.9 Å². The fourth-order valence-corrected chi connectivity index (χ4v) is 2.12. The molecule has 1 aromatic carbocycles. The summed E-state index contributed by atoms with van der Waals surface area (Å²) in [7, 11) is 0. The Balaban J connectivity index is 2.30. The van der Waals surface area contributed by atoms with Crippen LogP contribution in [0, 0.1) is 0 Å². The summed E-state index contributed by atoms with van der Waals surface area (Å²) in [6.07, 6.45) is 6.91. The normalized spacial score (nSPS) is 19.2. The summed E-state index contributed by atoms with van der Waals surface area (Å²) in [5.74, 6) is 0. The molecule has 68 valence electrons. The summed E-state index contributed by atoms with van der Waals surface area (Å²) in [5, 5.41) is 0. The molecule has 0 saturated heterocycles. The zero-order valence-electron chi connectivity index (χ0n) is 7.76. The molecule has 0 nitrogen and oxygen atoms in total. The Labute approximate surface area is 87.8 Å². The summed E-state index contributed by atoms with van der Waals surface area (Å²) in [5.41, 5.74) is 1.79. The van der Waals surface area contributed by atoms with E-state index in [-0.39, 0.29) is 0 Å². The second-order valence-electron chi connectivity index (χ2n) is 3.95. The van der Waals surface area contributed by atoms with Gasteiger partial charge in [0.25, 0.3) is 0 Å². The van der Waals surface area contributed by atoms with Crippen LogP contribution in [0.4, 0.5) is 0 Å². The zero-order valence-corrected chi connectivity index (χ0v) is 9.34. The predicted octanol–water partition coefficient (Wildman–Crippen LogP) is 4.06. The molecule has 0 bridgehead atoms. The summed E-state index contributed by atoms with van der Waals surface area (Å²) >= 11 is 3.46. The molecule has 0 radical (unpaired) electrons. The van der Waals surface area contributed by atoms with Gasteiger partial charge in [0.2, 0.25) is 0 Å². The lowest BCUT2D eigenvalue weighted by Gasteiger charge is -2.24. The standard InChI is InChI=1S/C12H13Br/c1-12(8-2-3-9-12)10-4-6-11(13)7-5-10/h2-7H,8-9H2,1H3. The molecule has 1 aromatic rings. The van der Waals surface area contributed by atoms with Crippen LogP contribution in [-0.2, 0) is 5.41 Å². The Bertz CT molecular complexity index is 313. The summed E-state index contributed by atoms with van der Waals surface area (Å²) in [6, 6.07) is 8.69. The Morgan fingerprint density at radius 3 is 2.15 bits per heavy atom. The second-order valence-corrected chi connectivity index (χ2v) is 4.86. The molecule has 13 heavy (non-hydrogen) atoms. The first-order valence-electron chi connectivity index (χ1n) is 4.62. The van der Waals surface area contributed by atoms with Gasteiger partial charge in [-0.25, -0.2) is 0 Å². The smallest absolute Gasteiger partial charge is 0.0175 e. The molecule has 0 spiro atoms. The Morgan fingerprint density at radius 2 is 1.62 bits per heavy atom. The summed E-state index contributed by atoms with van der Waals surface area (Å²) < 4.78 is 1.16. The molecule has 1 aliphatic rings. The van der Waals surface area contributed by atoms with Crippen molar-refractivity contribution in [2.45, 2.75) is 25.2 Å². The van der Waals surface area contributed by atoms with Gasteiger partial charge in [-0.15, -0.1) is 0 Å². The van der Waals surface area contributed by atoms with Crippen molar-refractivity contribution in [2.24, 2.45) is 0 Å². The van der Waals surface area contributed by atoms with Gasteiger partial charge in [-0.3, -0.25) is 0 Å². The molecule has 0 N–H and O–H groups in total.